The van der Waals surface area contributed by atoms with Crippen molar-refractivity contribution in [2.45, 2.75) is 6.10 Å². The van der Waals surface area contributed by atoms with Crippen molar-refractivity contribution in [1.82, 2.24) is 4.98 Å². The average molecular weight is 355 g/mol. The summed E-state index contributed by atoms with van der Waals surface area (Å²) in [6.07, 6.45) is -0.576. The molecule has 0 aliphatic carbocycles. The van der Waals surface area contributed by atoms with Gasteiger partial charge in [0.1, 0.15) is 10.7 Å². The van der Waals surface area contributed by atoms with E-state index in [9.17, 15) is 5.11 Å². The van der Waals surface area contributed by atoms with Crippen molar-refractivity contribution < 1.29 is 5.11 Å². The monoisotopic (exact) mass is 353 g/mol. The van der Waals surface area contributed by atoms with Crippen molar-refractivity contribution in [2.24, 2.45) is 0 Å². The molecule has 0 amide bonds. The molecule has 0 saturated carbocycles. The highest BCUT2D eigenvalue weighted by Gasteiger charge is 2.17. The van der Waals surface area contributed by atoms with Gasteiger partial charge in [0, 0.05) is 4.88 Å². The molecular weight excluding hydrogens is 350 g/mol. The molecule has 0 saturated heterocycles. The number of halogens is 2. The Labute approximate surface area is 106 Å². The first-order valence-corrected chi connectivity index (χ1v) is 6.99. The van der Waals surface area contributed by atoms with Crippen LogP contribution >= 0.6 is 54.5 Å². The van der Waals surface area contributed by atoms with Crippen LogP contribution in [0.25, 0.3) is 0 Å². The maximum absolute atomic E-state index is 10.0. The second kappa shape index (κ2) is 4.40. The van der Waals surface area contributed by atoms with Crippen molar-refractivity contribution in [3.8, 4) is 0 Å². The Hall–Kier alpha value is 0.250. The lowest BCUT2D eigenvalue weighted by Gasteiger charge is -2.04. The molecule has 0 aliphatic heterocycles. The van der Waals surface area contributed by atoms with Gasteiger partial charge in [-0.15, -0.1) is 22.7 Å². The standard InChI is InChI=1S/C8H5Br2NOS2/c9-5-2-1-4(14-5)6(12)7-8(10)11-3-13-7/h1-3,6,12H. The first kappa shape index (κ1) is 10.8. The van der Waals surface area contributed by atoms with E-state index in [1.807, 2.05) is 12.1 Å². The van der Waals surface area contributed by atoms with E-state index in [1.165, 1.54) is 22.7 Å². The molecule has 0 bridgehead atoms. The van der Waals surface area contributed by atoms with Gasteiger partial charge in [-0.3, -0.25) is 0 Å². The summed E-state index contributed by atoms with van der Waals surface area (Å²) in [4.78, 5) is 5.80. The van der Waals surface area contributed by atoms with E-state index >= 15 is 0 Å². The molecule has 0 aliphatic rings. The summed E-state index contributed by atoms with van der Waals surface area (Å²) in [5.41, 5.74) is 1.71. The largest absolute Gasteiger partial charge is 0.382 e. The summed E-state index contributed by atoms with van der Waals surface area (Å²) in [7, 11) is 0. The van der Waals surface area contributed by atoms with Gasteiger partial charge in [0.05, 0.1) is 14.2 Å². The first-order valence-electron chi connectivity index (χ1n) is 3.70. The second-order valence-corrected chi connectivity index (χ2v) is 6.68. The topological polar surface area (TPSA) is 33.1 Å². The zero-order valence-corrected chi connectivity index (χ0v) is 11.6. The lowest BCUT2D eigenvalue weighted by Crippen LogP contribution is -1.94. The van der Waals surface area contributed by atoms with E-state index in [4.69, 9.17) is 0 Å². The van der Waals surface area contributed by atoms with E-state index in [1.54, 1.807) is 5.51 Å². The van der Waals surface area contributed by atoms with Crippen LogP contribution < -0.4 is 0 Å². The molecule has 1 unspecified atom stereocenters. The SMILES string of the molecule is OC(c1ccc(Br)s1)c1scnc1Br. The third kappa shape index (κ3) is 2.09. The molecule has 1 N–H and O–H groups in total. The average Bonchev–Trinajstić information content (AvgIpc) is 2.73. The van der Waals surface area contributed by atoms with Crippen molar-refractivity contribution in [1.29, 1.82) is 0 Å². The molecule has 2 nitrogen and oxygen atoms in total. The summed E-state index contributed by atoms with van der Waals surface area (Å²) in [5, 5.41) is 10.0. The molecule has 2 aromatic rings. The van der Waals surface area contributed by atoms with Crippen LogP contribution in [-0.2, 0) is 0 Å². The Morgan fingerprint density at radius 1 is 1.36 bits per heavy atom. The van der Waals surface area contributed by atoms with E-state index in [0.29, 0.717) is 0 Å². The van der Waals surface area contributed by atoms with Crippen LogP contribution in [0.15, 0.2) is 26.0 Å². The number of nitrogens with zero attached hydrogens (tertiary/aromatic N) is 1. The molecule has 2 heterocycles. The van der Waals surface area contributed by atoms with Gasteiger partial charge in [-0.2, -0.15) is 0 Å². The first-order chi connectivity index (χ1) is 6.68. The molecule has 2 aromatic heterocycles. The van der Waals surface area contributed by atoms with Crippen LogP contribution in [0.3, 0.4) is 0 Å². The lowest BCUT2D eigenvalue weighted by atomic mass is 10.3. The Kier molecular flexibility index (Phi) is 3.38. The Morgan fingerprint density at radius 2 is 2.14 bits per heavy atom. The second-order valence-electron chi connectivity index (χ2n) is 2.55. The number of rotatable bonds is 2. The highest BCUT2D eigenvalue weighted by atomic mass is 79.9. The van der Waals surface area contributed by atoms with Crippen molar-refractivity contribution in [3.05, 3.63) is 35.8 Å². The smallest absolute Gasteiger partial charge is 0.125 e. The molecule has 6 heteroatoms. The summed E-state index contributed by atoms with van der Waals surface area (Å²) in [5.74, 6) is 0. The number of aliphatic hydroxyl groups is 1. The number of hydrogen-bond acceptors (Lipinski definition) is 4. The number of hydrogen-bond donors (Lipinski definition) is 1. The van der Waals surface area contributed by atoms with Gasteiger partial charge in [0.25, 0.3) is 0 Å². The van der Waals surface area contributed by atoms with E-state index in [-0.39, 0.29) is 0 Å². The predicted octanol–water partition coefficient (Wildman–Crippen LogP) is 3.81. The normalized spacial score (nSPS) is 13.1. The third-order valence-electron chi connectivity index (χ3n) is 1.66. The Morgan fingerprint density at radius 3 is 2.64 bits per heavy atom. The lowest BCUT2D eigenvalue weighted by molar-refractivity contribution is 0.227. The van der Waals surface area contributed by atoms with Crippen molar-refractivity contribution in [2.75, 3.05) is 0 Å². The zero-order valence-electron chi connectivity index (χ0n) is 6.78. The Bertz CT molecular complexity index is 440. The van der Waals surface area contributed by atoms with Gasteiger partial charge >= 0.3 is 0 Å². The van der Waals surface area contributed by atoms with Crippen LogP contribution in [0, 0.1) is 0 Å². The Balaban J connectivity index is 2.33. The van der Waals surface area contributed by atoms with Crippen LogP contribution in [0.5, 0.6) is 0 Å². The summed E-state index contributed by atoms with van der Waals surface area (Å²) in [6.45, 7) is 0. The predicted molar refractivity (Wildman–Crippen MR) is 65.9 cm³/mol. The molecule has 1 atom stereocenters. The third-order valence-corrected chi connectivity index (χ3v) is 5.11. The quantitative estimate of drug-likeness (QED) is 0.889. The number of aliphatic hydroxyl groups excluding tert-OH is 1. The molecule has 0 fully saturated rings. The molecule has 2 rings (SSSR count). The van der Waals surface area contributed by atoms with Gasteiger partial charge in [-0.1, -0.05) is 0 Å². The number of thiazole rings is 1. The van der Waals surface area contributed by atoms with Crippen molar-refractivity contribution >= 4 is 54.5 Å². The summed E-state index contributed by atoms with van der Waals surface area (Å²) in [6, 6.07) is 3.84. The van der Waals surface area contributed by atoms with E-state index in [0.717, 1.165) is 18.1 Å². The van der Waals surface area contributed by atoms with Crippen LogP contribution in [0.4, 0.5) is 0 Å². The van der Waals surface area contributed by atoms with Gasteiger partial charge in [0.15, 0.2) is 0 Å². The maximum Gasteiger partial charge on any atom is 0.125 e. The maximum atomic E-state index is 10.0. The number of thiophene rings is 1. The highest BCUT2D eigenvalue weighted by molar-refractivity contribution is 9.11. The molecule has 0 spiro atoms. The summed E-state index contributed by atoms with van der Waals surface area (Å²) < 4.78 is 1.74. The van der Waals surface area contributed by atoms with Gasteiger partial charge in [-0.05, 0) is 44.0 Å². The van der Waals surface area contributed by atoms with Crippen LogP contribution in [-0.4, -0.2) is 10.1 Å². The molecule has 74 valence electrons. The minimum Gasteiger partial charge on any atom is -0.382 e. The van der Waals surface area contributed by atoms with Gasteiger partial charge in [0.2, 0.25) is 0 Å². The minimum absolute atomic E-state index is 0.576. The summed E-state index contributed by atoms with van der Waals surface area (Å²) >= 11 is 9.64. The van der Waals surface area contributed by atoms with E-state index in [2.05, 4.69) is 36.8 Å². The van der Waals surface area contributed by atoms with Crippen LogP contribution in [0.1, 0.15) is 15.9 Å². The molecule has 14 heavy (non-hydrogen) atoms. The molecule has 0 radical (unpaired) electrons. The number of aromatic nitrogens is 1. The van der Waals surface area contributed by atoms with Gasteiger partial charge < -0.3 is 5.11 Å². The highest BCUT2D eigenvalue weighted by Crippen LogP contribution is 2.35. The fraction of sp³-hybridized carbons (Fsp3) is 0.125. The van der Waals surface area contributed by atoms with Gasteiger partial charge in [-0.25, -0.2) is 4.98 Å². The van der Waals surface area contributed by atoms with Crippen molar-refractivity contribution in [3.63, 3.8) is 0 Å². The fourth-order valence-electron chi connectivity index (χ4n) is 1.02. The molecular formula is C8H5Br2NOS2. The fourth-order valence-corrected chi connectivity index (χ4v) is 3.93. The van der Waals surface area contributed by atoms with E-state index < -0.39 is 6.10 Å². The van der Waals surface area contributed by atoms with Crippen LogP contribution in [0.2, 0.25) is 0 Å². The molecule has 0 aromatic carbocycles. The minimum atomic E-state index is -0.576. The zero-order chi connectivity index (χ0) is 10.1.